The Morgan fingerprint density at radius 3 is 2.00 bits per heavy atom. The largest absolute Gasteiger partial charge is 0.121 e. The minimum Gasteiger partial charge on any atom is -0.0862 e. The molecule has 0 aliphatic rings. The van der Waals surface area contributed by atoms with Gasteiger partial charge < -0.3 is 0 Å². The van der Waals surface area contributed by atoms with Crippen LogP contribution >= 0.6 is 34.8 Å². The third kappa shape index (κ3) is 4.25. The highest BCUT2D eigenvalue weighted by Crippen LogP contribution is 2.30. The Bertz CT molecular complexity index is 136. The fourth-order valence-corrected chi connectivity index (χ4v) is 1.58. The van der Waals surface area contributed by atoms with Crippen LogP contribution in [0.4, 0.5) is 0 Å². The van der Waals surface area contributed by atoms with Crippen molar-refractivity contribution in [3.8, 4) is 0 Å². The SMILES string of the molecule is CCCC(CC)C(Cl)=C(Cl)Cl. The van der Waals surface area contributed by atoms with E-state index in [0.717, 1.165) is 19.3 Å². The quantitative estimate of drug-likeness (QED) is 0.638. The highest BCUT2D eigenvalue weighted by molar-refractivity contribution is 6.59. The molecule has 0 spiro atoms. The maximum atomic E-state index is 5.88. The minimum atomic E-state index is 0.215. The summed E-state index contributed by atoms with van der Waals surface area (Å²) in [6, 6.07) is 0. The molecule has 0 nitrogen and oxygen atoms in total. The van der Waals surface area contributed by atoms with Gasteiger partial charge in [-0.25, -0.2) is 0 Å². The van der Waals surface area contributed by atoms with E-state index >= 15 is 0 Å². The van der Waals surface area contributed by atoms with Gasteiger partial charge in [0.25, 0.3) is 0 Å². The molecule has 11 heavy (non-hydrogen) atoms. The van der Waals surface area contributed by atoms with Crippen LogP contribution in [0.15, 0.2) is 9.52 Å². The highest BCUT2D eigenvalue weighted by Gasteiger charge is 2.11. The first-order valence-corrected chi connectivity index (χ1v) is 4.97. The molecule has 3 heteroatoms. The average molecular weight is 216 g/mol. The van der Waals surface area contributed by atoms with Crippen molar-refractivity contribution in [2.24, 2.45) is 5.92 Å². The maximum absolute atomic E-state index is 5.88. The van der Waals surface area contributed by atoms with E-state index in [0.29, 0.717) is 11.0 Å². The van der Waals surface area contributed by atoms with Gasteiger partial charge in [-0.3, -0.25) is 0 Å². The van der Waals surface area contributed by atoms with Gasteiger partial charge in [-0.15, -0.1) is 0 Å². The second-order valence-corrected chi connectivity index (χ2v) is 3.86. The lowest BCUT2D eigenvalue weighted by molar-refractivity contribution is 0.554. The fourth-order valence-electron chi connectivity index (χ4n) is 1.01. The molecular weight excluding hydrogens is 202 g/mol. The van der Waals surface area contributed by atoms with Gasteiger partial charge in [-0.1, -0.05) is 55.1 Å². The molecule has 1 atom stereocenters. The van der Waals surface area contributed by atoms with Crippen molar-refractivity contribution in [3.63, 3.8) is 0 Å². The van der Waals surface area contributed by atoms with Crippen molar-refractivity contribution in [2.75, 3.05) is 0 Å². The third-order valence-corrected chi connectivity index (χ3v) is 2.77. The van der Waals surface area contributed by atoms with Crippen molar-refractivity contribution in [3.05, 3.63) is 9.52 Å². The van der Waals surface area contributed by atoms with Gasteiger partial charge in [0.2, 0.25) is 0 Å². The zero-order valence-electron chi connectivity index (χ0n) is 6.83. The molecule has 0 aromatic rings. The Hall–Kier alpha value is 0.610. The molecular formula is C8H13Cl3. The van der Waals surface area contributed by atoms with Crippen LogP contribution in [-0.4, -0.2) is 0 Å². The van der Waals surface area contributed by atoms with E-state index < -0.39 is 0 Å². The van der Waals surface area contributed by atoms with Gasteiger partial charge in [0.15, 0.2) is 0 Å². The van der Waals surface area contributed by atoms with Crippen LogP contribution in [-0.2, 0) is 0 Å². The Morgan fingerprint density at radius 2 is 1.73 bits per heavy atom. The first kappa shape index (κ1) is 11.6. The number of hydrogen-bond donors (Lipinski definition) is 0. The molecule has 0 saturated heterocycles. The first-order chi connectivity index (χ1) is 5.13. The van der Waals surface area contributed by atoms with Gasteiger partial charge in [0.1, 0.15) is 4.49 Å². The van der Waals surface area contributed by atoms with E-state index in [2.05, 4.69) is 13.8 Å². The van der Waals surface area contributed by atoms with Crippen LogP contribution in [0.2, 0.25) is 0 Å². The molecule has 0 aromatic carbocycles. The van der Waals surface area contributed by atoms with Gasteiger partial charge in [-0.2, -0.15) is 0 Å². The number of allylic oxidation sites excluding steroid dienone is 1. The topological polar surface area (TPSA) is 0 Å². The van der Waals surface area contributed by atoms with Crippen LogP contribution in [0.5, 0.6) is 0 Å². The molecule has 0 amide bonds. The molecule has 0 fully saturated rings. The summed E-state index contributed by atoms with van der Waals surface area (Å²) in [6.45, 7) is 4.20. The lowest BCUT2D eigenvalue weighted by Gasteiger charge is -2.11. The van der Waals surface area contributed by atoms with Crippen LogP contribution in [0.3, 0.4) is 0 Å². The monoisotopic (exact) mass is 214 g/mol. The molecule has 0 aromatic heterocycles. The normalized spacial score (nSPS) is 12.8. The molecule has 0 heterocycles. The molecule has 0 aliphatic carbocycles. The number of hydrogen-bond acceptors (Lipinski definition) is 0. The molecule has 1 unspecified atom stereocenters. The van der Waals surface area contributed by atoms with Crippen molar-refractivity contribution in [1.82, 2.24) is 0 Å². The number of rotatable bonds is 4. The second kappa shape index (κ2) is 6.16. The predicted octanol–water partition coefficient (Wildman–Crippen LogP) is 4.70. The first-order valence-electron chi connectivity index (χ1n) is 3.84. The summed E-state index contributed by atoms with van der Waals surface area (Å²) in [5.74, 6) is 0.340. The van der Waals surface area contributed by atoms with E-state index in [-0.39, 0.29) is 4.49 Å². The standard InChI is InChI=1S/C8H13Cl3/c1-3-5-6(4-2)7(9)8(10)11/h6H,3-5H2,1-2H3. The Balaban J connectivity index is 4.14. The highest BCUT2D eigenvalue weighted by atomic mass is 35.5. The second-order valence-electron chi connectivity index (χ2n) is 2.50. The molecule has 0 N–H and O–H groups in total. The minimum absolute atomic E-state index is 0.215. The summed E-state index contributed by atoms with van der Waals surface area (Å²) in [4.78, 5) is 0. The van der Waals surface area contributed by atoms with Crippen molar-refractivity contribution >= 4 is 34.8 Å². The van der Waals surface area contributed by atoms with Crippen molar-refractivity contribution < 1.29 is 0 Å². The van der Waals surface area contributed by atoms with Gasteiger partial charge in [-0.05, 0) is 18.8 Å². The summed E-state index contributed by atoms with van der Waals surface area (Å²) >= 11 is 17.0. The van der Waals surface area contributed by atoms with E-state index in [1.165, 1.54) is 0 Å². The zero-order valence-corrected chi connectivity index (χ0v) is 9.10. The lowest BCUT2D eigenvalue weighted by atomic mass is 10.0. The summed E-state index contributed by atoms with van der Waals surface area (Å²) < 4.78 is 0.215. The molecule has 66 valence electrons. The van der Waals surface area contributed by atoms with Gasteiger partial charge in [0, 0.05) is 0 Å². The predicted molar refractivity (Wildman–Crippen MR) is 53.3 cm³/mol. The fraction of sp³-hybridized carbons (Fsp3) is 0.750. The van der Waals surface area contributed by atoms with E-state index in [4.69, 9.17) is 34.8 Å². The van der Waals surface area contributed by atoms with Crippen molar-refractivity contribution in [1.29, 1.82) is 0 Å². The molecule has 0 saturated carbocycles. The maximum Gasteiger partial charge on any atom is 0.121 e. The Kier molecular flexibility index (Phi) is 6.50. The summed E-state index contributed by atoms with van der Waals surface area (Å²) in [7, 11) is 0. The van der Waals surface area contributed by atoms with Crippen molar-refractivity contribution in [2.45, 2.75) is 33.1 Å². The lowest BCUT2D eigenvalue weighted by Crippen LogP contribution is -1.98. The van der Waals surface area contributed by atoms with Crippen LogP contribution in [0.1, 0.15) is 33.1 Å². The Labute approximate surface area is 83.5 Å². The smallest absolute Gasteiger partial charge is 0.0862 e. The van der Waals surface area contributed by atoms with Crippen LogP contribution < -0.4 is 0 Å². The van der Waals surface area contributed by atoms with E-state index in [1.54, 1.807) is 0 Å². The third-order valence-electron chi connectivity index (χ3n) is 1.67. The zero-order chi connectivity index (χ0) is 8.85. The van der Waals surface area contributed by atoms with Gasteiger partial charge in [0.05, 0.1) is 5.03 Å². The molecule has 0 radical (unpaired) electrons. The van der Waals surface area contributed by atoms with Gasteiger partial charge >= 0.3 is 0 Å². The summed E-state index contributed by atoms with van der Waals surface area (Å²) in [5, 5.41) is 0.609. The van der Waals surface area contributed by atoms with Crippen LogP contribution in [0, 0.1) is 5.92 Å². The summed E-state index contributed by atoms with van der Waals surface area (Å²) in [6.07, 6.45) is 3.16. The Morgan fingerprint density at radius 1 is 1.18 bits per heavy atom. The van der Waals surface area contributed by atoms with E-state index in [1.807, 2.05) is 0 Å². The molecule has 0 aliphatic heterocycles. The number of halogens is 3. The average Bonchev–Trinajstić information content (AvgIpc) is 1.98. The molecule has 0 bridgehead atoms. The van der Waals surface area contributed by atoms with Crippen LogP contribution in [0.25, 0.3) is 0 Å². The molecule has 0 rings (SSSR count). The van der Waals surface area contributed by atoms with E-state index in [9.17, 15) is 0 Å². The summed E-state index contributed by atoms with van der Waals surface area (Å²) in [5.41, 5.74) is 0.